The quantitative estimate of drug-likeness (QED) is 0.270. The highest BCUT2D eigenvalue weighted by Crippen LogP contribution is 2.68. The summed E-state index contributed by atoms with van der Waals surface area (Å²) in [4.78, 5) is 25.8. The third-order valence-corrected chi connectivity index (χ3v) is 12.9. The van der Waals surface area contributed by atoms with Gasteiger partial charge in [0.1, 0.15) is 0 Å². The van der Waals surface area contributed by atoms with Crippen LogP contribution in [0.25, 0.3) is 0 Å². The van der Waals surface area contributed by atoms with Crippen molar-refractivity contribution in [2.75, 3.05) is 0 Å². The van der Waals surface area contributed by atoms with E-state index < -0.39 is 18.2 Å². The minimum absolute atomic E-state index is 0.0312. The van der Waals surface area contributed by atoms with E-state index >= 15 is 0 Å². The van der Waals surface area contributed by atoms with E-state index in [0.717, 1.165) is 51.4 Å². The molecule has 4 fully saturated rings. The number of nitrogens with zero attached hydrogens (tertiary/aromatic N) is 2. The molecule has 12 atom stereocenters. The average molecular weight is 574 g/mol. The van der Waals surface area contributed by atoms with Gasteiger partial charge in [-0.3, -0.25) is 9.59 Å². The minimum atomic E-state index is -0.771. The van der Waals surface area contributed by atoms with Gasteiger partial charge < -0.3 is 20.6 Å². The molecule has 232 valence electrons. The zero-order valence-electron chi connectivity index (χ0n) is 26.0. The van der Waals surface area contributed by atoms with Crippen LogP contribution in [0, 0.1) is 46.3 Å². The molecule has 8 nitrogen and oxygen atoms in total. The lowest BCUT2D eigenvalue weighted by Gasteiger charge is -2.63. The molecule has 5 aliphatic rings. The van der Waals surface area contributed by atoms with Gasteiger partial charge in [0, 0.05) is 12.8 Å². The number of amides is 1. The molecule has 4 N–H and O–H groups in total. The average Bonchev–Trinajstić information content (AvgIpc) is 3.56. The van der Waals surface area contributed by atoms with Crippen molar-refractivity contribution in [2.45, 2.75) is 148 Å². The first-order valence-electron chi connectivity index (χ1n) is 16.6. The second-order valence-electron chi connectivity index (χ2n) is 15.3. The number of aliphatic hydroxyl groups excluding tert-OH is 3. The zero-order valence-corrected chi connectivity index (χ0v) is 26.0. The Hall–Kier alpha value is -1.38. The van der Waals surface area contributed by atoms with Crippen LogP contribution in [0.1, 0.15) is 118 Å². The molecule has 4 saturated carbocycles. The van der Waals surface area contributed by atoms with Crippen LogP contribution in [-0.4, -0.2) is 57.0 Å². The van der Waals surface area contributed by atoms with Crippen LogP contribution in [0.15, 0.2) is 10.2 Å². The van der Waals surface area contributed by atoms with Crippen molar-refractivity contribution in [2.24, 2.45) is 56.6 Å². The number of nitrogens with one attached hydrogen (secondary N) is 1. The van der Waals surface area contributed by atoms with Crippen LogP contribution in [0.5, 0.6) is 0 Å². The van der Waals surface area contributed by atoms with Crippen LogP contribution in [0.2, 0.25) is 0 Å². The molecule has 0 saturated heterocycles. The molecule has 0 radical (unpaired) electrons. The largest absolute Gasteiger partial charge is 0.393 e. The SMILES string of the molecule is CCCC(=O)C(CCC1(C)N=N1)NC(=O)CCC(C)C1CCC2C3C(O)C(O)C4CC(O)CCC4(C)C3CCC12C. The Morgan fingerprint density at radius 3 is 2.24 bits per heavy atom. The molecule has 0 aromatic rings. The van der Waals surface area contributed by atoms with Crippen LogP contribution in [-0.2, 0) is 9.59 Å². The lowest BCUT2D eigenvalue weighted by molar-refractivity contribution is -0.223. The smallest absolute Gasteiger partial charge is 0.220 e. The number of rotatable bonds is 11. The first-order valence-corrected chi connectivity index (χ1v) is 16.6. The first kappa shape index (κ1) is 31.1. The summed E-state index contributed by atoms with van der Waals surface area (Å²) < 4.78 is 0. The standard InChI is InChI=1S/C33H55N3O5/c1-6-7-26(38)25(14-17-33(5)35-36-33)34-27(39)11-8-19(2)21-9-10-22-28-23(13-16-31(21,22)3)32(4)15-12-20(37)18-24(32)29(40)30(28)41/h19-25,28-30,37,40-41H,6-18H2,1-5H3,(H,34,39). The van der Waals surface area contributed by atoms with E-state index in [9.17, 15) is 24.9 Å². The molecule has 12 unspecified atom stereocenters. The third-order valence-electron chi connectivity index (χ3n) is 12.9. The van der Waals surface area contributed by atoms with Gasteiger partial charge in [-0.1, -0.05) is 27.7 Å². The summed E-state index contributed by atoms with van der Waals surface area (Å²) in [5.74, 6) is 1.69. The molecular formula is C33H55N3O5. The topological polar surface area (TPSA) is 132 Å². The van der Waals surface area contributed by atoms with Crippen molar-refractivity contribution < 1.29 is 24.9 Å². The summed E-state index contributed by atoms with van der Waals surface area (Å²) in [5, 5.41) is 44.3. The van der Waals surface area contributed by atoms with Gasteiger partial charge in [-0.25, -0.2) is 0 Å². The second kappa shape index (κ2) is 11.6. The van der Waals surface area contributed by atoms with Crippen LogP contribution < -0.4 is 5.32 Å². The molecule has 1 aliphatic heterocycles. The van der Waals surface area contributed by atoms with Crippen molar-refractivity contribution >= 4 is 11.7 Å². The van der Waals surface area contributed by atoms with Crippen molar-refractivity contribution in [3.8, 4) is 0 Å². The van der Waals surface area contributed by atoms with Gasteiger partial charge in [-0.05, 0) is 124 Å². The zero-order chi connectivity index (χ0) is 29.7. The summed E-state index contributed by atoms with van der Waals surface area (Å²) in [6, 6.07) is -0.463. The van der Waals surface area contributed by atoms with Gasteiger partial charge in [-0.15, -0.1) is 0 Å². The Kier molecular flexibility index (Phi) is 8.79. The highest BCUT2D eigenvalue weighted by Gasteiger charge is 2.65. The number of hydrogen-bond acceptors (Lipinski definition) is 7. The number of carbonyl (C=O) groups is 2. The fourth-order valence-corrected chi connectivity index (χ4v) is 10.4. The van der Waals surface area contributed by atoms with Gasteiger partial charge in [0.25, 0.3) is 0 Å². The Bertz CT molecular complexity index is 1010. The predicted molar refractivity (Wildman–Crippen MR) is 157 cm³/mol. The number of fused-ring (bicyclic) bond motifs is 5. The van der Waals surface area contributed by atoms with E-state index in [2.05, 4.69) is 36.3 Å². The maximum absolute atomic E-state index is 13.1. The Balaban J connectivity index is 1.20. The molecule has 0 aromatic heterocycles. The van der Waals surface area contributed by atoms with Crippen LogP contribution in [0.4, 0.5) is 0 Å². The molecule has 1 heterocycles. The Morgan fingerprint density at radius 2 is 1.56 bits per heavy atom. The molecular weight excluding hydrogens is 518 g/mol. The molecule has 8 heteroatoms. The normalized spacial score (nSPS) is 43.8. The Labute approximate surface area is 246 Å². The van der Waals surface area contributed by atoms with Crippen molar-refractivity contribution in [3.05, 3.63) is 0 Å². The number of ketones is 1. The number of Topliss-reactive ketones (excluding diaryl/α,β-unsaturated/α-hetero) is 1. The van der Waals surface area contributed by atoms with Crippen LogP contribution >= 0.6 is 0 Å². The van der Waals surface area contributed by atoms with E-state index in [1.54, 1.807) is 0 Å². The number of aliphatic hydroxyl groups is 3. The summed E-state index contributed by atoms with van der Waals surface area (Å²) in [5.41, 5.74) is -0.325. The van der Waals surface area contributed by atoms with E-state index in [4.69, 9.17) is 0 Å². The maximum atomic E-state index is 13.1. The van der Waals surface area contributed by atoms with E-state index in [1.165, 1.54) is 0 Å². The maximum Gasteiger partial charge on any atom is 0.220 e. The van der Waals surface area contributed by atoms with Gasteiger partial charge in [0.15, 0.2) is 11.4 Å². The molecule has 1 amide bonds. The summed E-state index contributed by atoms with van der Waals surface area (Å²) in [7, 11) is 0. The van der Waals surface area contributed by atoms with Gasteiger partial charge in [0.2, 0.25) is 5.91 Å². The fourth-order valence-electron chi connectivity index (χ4n) is 10.4. The molecule has 0 spiro atoms. The summed E-state index contributed by atoms with van der Waals surface area (Å²) in [6.07, 6.45) is 8.45. The minimum Gasteiger partial charge on any atom is -0.393 e. The number of hydrogen-bond donors (Lipinski definition) is 4. The van der Waals surface area contributed by atoms with Gasteiger partial charge in [-0.2, -0.15) is 10.2 Å². The van der Waals surface area contributed by atoms with E-state index in [0.29, 0.717) is 55.8 Å². The summed E-state index contributed by atoms with van der Waals surface area (Å²) >= 11 is 0. The monoisotopic (exact) mass is 573 g/mol. The molecule has 5 rings (SSSR count). The van der Waals surface area contributed by atoms with Gasteiger partial charge in [0.05, 0.1) is 24.4 Å². The summed E-state index contributed by atoms with van der Waals surface area (Å²) in [6.45, 7) is 10.9. The van der Waals surface area contributed by atoms with Crippen LogP contribution in [0.3, 0.4) is 0 Å². The van der Waals surface area contributed by atoms with Crippen molar-refractivity contribution in [1.29, 1.82) is 0 Å². The fraction of sp³-hybridized carbons (Fsp3) is 0.939. The van der Waals surface area contributed by atoms with E-state index in [1.807, 2.05) is 13.8 Å². The second-order valence-corrected chi connectivity index (χ2v) is 15.3. The van der Waals surface area contributed by atoms with E-state index in [-0.39, 0.29) is 46.1 Å². The molecule has 4 aliphatic carbocycles. The van der Waals surface area contributed by atoms with Crippen molar-refractivity contribution in [3.63, 3.8) is 0 Å². The third kappa shape index (κ3) is 5.78. The highest BCUT2D eigenvalue weighted by atomic mass is 16.3. The molecule has 41 heavy (non-hydrogen) atoms. The number of carbonyl (C=O) groups excluding carboxylic acids is 2. The lowest BCUT2D eigenvalue weighted by Crippen LogP contribution is -2.64. The first-order chi connectivity index (χ1) is 19.3. The van der Waals surface area contributed by atoms with Gasteiger partial charge >= 0.3 is 0 Å². The Morgan fingerprint density at radius 1 is 0.878 bits per heavy atom. The van der Waals surface area contributed by atoms with Crippen molar-refractivity contribution in [1.82, 2.24) is 5.32 Å². The molecule has 0 aromatic carbocycles. The lowest BCUT2D eigenvalue weighted by atomic mass is 9.43. The highest BCUT2D eigenvalue weighted by molar-refractivity contribution is 5.89. The predicted octanol–water partition coefficient (Wildman–Crippen LogP) is 5.18. The molecule has 0 bridgehead atoms.